The second kappa shape index (κ2) is 11.0. The maximum absolute atomic E-state index is 11.5. The van der Waals surface area contributed by atoms with Crippen LogP contribution in [0.2, 0.25) is 0 Å². The van der Waals surface area contributed by atoms with E-state index in [1.807, 2.05) is 16.9 Å². The predicted octanol–water partition coefficient (Wildman–Crippen LogP) is 0.728. The van der Waals surface area contributed by atoms with Gasteiger partial charge in [-0.2, -0.15) is 5.10 Å². The van der Waals surface area contributed by atoms with Gasteiger partial charge in [-0.05, 0) is 31.2 Å². The van der Waals surface area contributed by atoms with E-state index < -0.39 is 10.0 Å². The summed E-state index contributed by atoms with van der Waals surface area (Å²) in [7, 11) is -1.29. The van der Waals surface area contributed by atoms with Gasteiger partial charge in [0.05, 0.1) is 6.26 Å². The number of hydrogen-bond acceptors (Lipinski definition) is 4. The predicted molar refractivity (Wildman–Crippen MR) is 111 cm³/mol. The standard InChI is InChI=1S/C15H28N6O2S.HI/c1-16-15(17-7-3-9-20-10-4-8-19-20)18-13-14-5-11-21(12-6-14)24(2,22)23;/h4,8,10,14H,3,5-7,9,11-13H2,1-2H3,(H2,16,17,18);1H. The molecule has 10 heteroatoms. The summed E-state index contributed by atoms with van der Waals surface area (Å²) in [6, 6.07) is 1.92. The highest BCUT2D eigenvalue weighted by atomic mass is 127. The summed E-state index contributed by atoms with van der Waals surface area (Å²) in [4.78, 5) is 4.23. The van der Waals surface area contributed by atoms with Crippen LogP contribution in [0.5, 0.6) is 0 Å². The Morgan fingerprint density at radius 3 is 2.60 bits per heavy atom. The third-order valence-electron chi connectivity index (χ3n) is 4.24. The maximum atomic E-state index is 11.5. The van der Waals surface area contributed by atoms with Gasteiger partial charge in [0.15, 0.2) is 5.96 Å². The molecule has 0 aromatic carbocycles. The van der Waals surface area contributed by atoms with E-state index in [0.29, 0.717) is 19.0 Å². The molecular formula is C15H29IN6O2S. The molecule has 8 nitrogen and oxygen atoms in total. The van der Waals surface area contributed by atoms with Gasteiger partial charge in [0.1, 0.15) is 0 Å². The van der Waals surface area contributed by atoms with Crippen LogP contribution in [0.25, 0.3) is 0 Å². The van der Waals surface area contributed by atoms with Crippen LogP contribution in [-0.4, -0.2) is 67.9 Å². The third kappa shape index (κ3) is 7.90. The fourth-order valence-corrected chi connectivity index (χ4v) is 3.66. The summed E-state index contributed by atoms with van der Waals surface area (Å²) in [5.74, 6) is 1.27. The highest BCUT2D eigenvalue weighted by Crippen LogP contribution is 2.18. The first-order valence-electron chi connectivity index (χ1n) is 8.36. The van der Waals surface area contributed by atoms with E-state index in [-0.39, 0.29) is 24.0 Å². The van der Waals surface area contributed by atoms with Crippen molar-refractivity contribution in [1.82, 2.24) is 24.7 Å². The zero-order chi connectivity index (χ0) is 17.4. The Kier molecular flexibility index (Phi) is 9.72. The molecule has 1 fully saturated rings. The van der Waals surface area contributed by atoms with E-state index in [1.165, 1.54) is 6.26 Å². The maximum Gasteiger partial charge on any atom is 0.211 e. The minimum absolute atomic E-state index is 0. The monoisotopic (exact) mass is 484 g/mol. The molecule has 0 unspecified atom stereocenters. The Bertz CT molecular complexity index is 612. The molecule has 25 heavy (non-hydrogen) atoms. The topological polar surface area (TPSA) is 91.6 Å². The molecule has 0 amide bonds. The van der Waals surface area contributed by atoms with Gasteiger partial charge in [-0.1, -0.05) is 0 Å². The highest BCUT2D eigenvalue weighted by molar-refractivity contribution is 14.0. The van der Waals surface area contributed by atoms with Gasteiger partial charge in [0.2, 0.25) is 10.0 Å². The first-order chi connectivity index (χ1) is 11.5. The number of hydrogen-bond donors (Lipinski definition) is 2. The van der Waals surface area contributed by atoms with Crippen molar-refractivity contribution >= 4 is 40.0 Å². The van der Waals surface area contributed by atoms with Crippen LogP contribution in [0, 0.1) is 5.92 Å². The Morgan fingerprint density at radius 1 is 1.32 bits per heavy atom. The third-order valence-corrected chi connectivity index (χ3v) is 5.54. The lowest BCUT2D eigenvalue weighted by Gasteiger charge is -2.30. The van der Waals surface area contributed by atoms with Crippen molar-refractivity contribution in [2.45, 2.75) is 25.8 Å². The molecule has 1 aliphatic rings. The number of aromatic nitrogens is 2. The lowest BCUT2D eigenvalue weighted by molar-refractivity contribution is 0.275. The molecule has 0 aliphatic carbocycles. The largest absolute Gasteiger partial charge is 0.356 e. The molecule has 1 saturated heterocycles. The molecule has 0 saturated carbocycles. The zero-order valence-electron chi connectivity index (χ0n) is 14.9. The van der Waals surface area contributed by atoms with Crippen LogP contribution >= 0.6 is 24.0 Å². The van der Waals surface area contributed by atoms with Gasteiger partial charge < -0.3 is 10.6 Å². The van der Waals surface area contributed by atoms with Crippen molar-refractivity contribution in [2.75, 3.05) is 39.5 Å². The average Bonchev–Trinajstić information content (AvgIpc) is 3.07. The van der Waals surface area contributed by atoms with Crippen LogP contribution < -0.4 is 10.6 Å². The summed E-state index contributed by atoms with van der Waals surface area (Å²) in [5.41, 5.74) is 0. The van der Waals surface area contributed by atoms with Crippen molar-refractivity contribution in [3.63, 3.8) is 0 Å². The van der Waals surface area contributed by atoms with Crippen molar-refractivity contribution < 1.29 is 8.42 Å². The van der Waals surface area contributed by atoms with Crippen LogP contribution in [0.1, 0.15) is 19.3 Å². The van der Waals surface area contributed by atoms with Crippen molar-refractivity contribution in [3.8, 4) is 0 Å². The number of sulfonamides is 1. The smallest absolute Gasteiger partial charge is 0.211 e. The fraction of sp³-hybridized carbons (Fsp3) is 0.733. The minimum Gasteiger partial charge on any atom is -0.356 e. The molecule has 0 radical (unpaired) electrons. The van der Waals surface area contributed by atoms with E-state index in [4.69, 9.17) is 0 Å². The number of nitrogens with one attached hydrogen (secondary N) is 2. The molecular weight excluding hydrogens is 455 g/mol. The van der Waals surface area contributed by atoms with Crippen LogP contribution in [-0.2, 0) is 16.6 Å². The minimum atomic E-state index is -3.05. The lowest BCUT2D eigenvalue weighted by Crippen LogP contribution is -2.44. The Hall–Kier alpha value is -0.880. The summed E-state index contributed by atoms with van der Waals surface area (Å²) in [6.45, 7) is 3.74. The van der Waals surface area contributed by atoms with Crippen LogP contribution in [0.4, 0.5) is 0 Å². The van der Waals surface area contributed by atoms with Gasteiger partial charge in [-0.3, -0.25) is 9.67 Å². The molecule has 0 atom stereocenters. The Labute approximate surface area is 167 Å². The fourth-order valence-electron chi connectivity index (χ4n) is 2.79. The van der Waals surface area contributed by atoms with Gasteiger partial charge in [-0.25, -0.2) is 12.7 Å². The Balaban J connectivity index is 0.00000312. The van der Waals surface area contributed by atoms with Crippen LogP contribution in [0.3, 0.4) is 0 Å². The lowest BCUT2D eigenvalue weighted by atomic mass is 9.98. The summed E-state index contributed by atoms with van der Waals surface area (Å²) < 4.78 is 26.5. The summed E-state index contributed by atoms with van der Waals surface area (Å²) in [6.07, 6.45) is 7.75. The van der Waals surface area contributed by atoms with Crippen molar-refractivity contribution in [1.29, 1.82) is 0 Å². The van der Waals surface area contributed by atoms with Gasteiger partial charge in [0, 0.05) is 52.2 Å². The van der Waals surface area contributed by atoms with E-state index in [9.17, 15) is 8.42 Å². The molecule has 2 N–H and O–H groups in total. The molecule has 1 aromatic heterocycles. The van der Waals surface area contributed by atoms with Crippen molar-refractivity contribution in [3.05, 3.63) is 18.5 Å². The summed E-state index contributed by atoms with van der Waals surface area (Å²) >= 11 is 0. The van der Waals surface area contributed by atoms with Crippen molar-refractivity contribution in [2.24, 2.45) is 10.9 Å². The second-order valence-corrected chi connectivity index (χ2v) is 8.09. The SMILES string of the molecule is CN=C(NCCCn1cccn1)NCC1CCN(S(C)(=O)=O)CC1.I. The molecule has 1 aromatic rings. The normalized spacial score (nSPS) is 17.1. The number of nitrogens with zero attached hydrogens (tertiary/aromatic N) is 4. The number of rotatable bonds is 7. The molecule has 1 aliphatic heterocycles. The van der Waals surface area contributed by atoms with Crippen LogP contribution in [0.15, 0.2) is 23.5 Å². The number of halogens is 1. The quantitative estimate of drug-likeness (QED) is 0.258. The number of aryl methyl sites for hydroxylation is 1. The van der Waals surface area contributed by atoms with Gasteiger partial charge in [0.25, 0.3) is 0 Å². The molecule has 2 heterocycles. The van der Waals surface area contributed by atoms with E-state index in [0.717, 1.165) is 44.9 Å². The molecule has 0 bridgehead atoms. The Morgan fingerprint density at radius 2 is 2.04 bits per heavy atom. The summed E-state index contributed by atoms with van der Waals surface area (Å²) in [5, 5.41) is 10.8. The molecule has 0 spiro atoms. The first kappa shape index (κ1) is 22.2. The molecule has 2 rings (SSSR count). The number of piperidine rings is 1. The zero-order valence-corrected chi connectivity index (χ0v) is 18.0. The molecule has 144 valence electrons. The van der Waals surface area contributed by atoms with E-state index in [1.54, 1.807) is 17.5 Å². The average molecular weight is 484 g/mol. The highest BCUT2D eigenvalue weighted by Gasteiger charge is 2.24. The first-order valence-corrected chi connectivity index (χ1v) is 10.2. The number of guanidine groups is 1. The number of aliphatic imine (C=N–C) groups is 1. The van der Waals surface area contributed by atoms with Gasteiger partial charge >= 0.3 is 0 Å². The van der Waals surface area contributed by atoms with E-state index in [2.05, 4.69) is 20.7 Å². The van der Waals surface area contributed by atoms with Gasteiger partial charge in [-0.15, -0.1) is 24.0 Å². The van der Waals surface area contributed by atoms with E-state index >= 15 is 0 Å². The second-order valence-electron chi connectivity index (χ2n) is 6.11.